The molecule has 6 rings (SSSR count). The molecule has 0 amide bonds. The number of ether oxygens (including phenoxy) is 3. The van der Waals surface area contributed by atoms with Crippen molar-refractivity contribution in [2.24, 2.45) is 0 Å². The number of nitrogens with one attached hydrogen (secondary N) is 2. The van der Waals surface area contributed by atoms with Gasteiger partial charge in [0.1, 0.15) is 31.1 Å². The monoisotopic (exact) mass is 626 g/mol. The molecule has 2 N–H and O–H groups in total. The standard InChI is InChI=1S/C31H40ClN6O4P/c1-20-17-24(27(40-2)18-25(20)38-13-9-21(10-14-38)37-11-5-6-12-37)35-31-33-19-22(32)30(36-31)34-23-7-8-26-28(42-16-15-41-26)29(23)43(3,4)39/h7-8,17-19,21H,5-6,9-16H2,1-4H3,(H2,33,34,35,36). The number of rotatable bonds is 8. The van der Waals surface area contributed by atoms with E-state index in [1.807, 2.05) is 6.07 Å². The van der Waals surface area contributed by atoms with Crippen LogP contribution in [0.15, 0.2) is 30.5 Å². The SMILES string of the molecule is COc1cc(N2CCC(N3CCCC3)CC2)c(C)cc1Nc1ncc(Cl)c(Nc2ccc3c(c2P(C)(C)=O)OCCO3)n1. The van der Waals surface area contributed by atoms with Gasteiger partial charge in [0, 0.05) is 30.9 Å². The minimum atomic E-state index is -2.77. The van der Waals surface area contributed by atoms with Crippen LogP contribution in [-0.2, 0) is 4.57 Å². The van der Waals surface area contributed by atoms with Gasteiger partial charge >= 0.3 is 0 Å². The first-order valence-corrected chi connectivity index (χ1v) is 17.9. The molecule has 0 aliphatic carbocycles. The maximum atomic E-state index is 13.3. The van der Waals surface area contributed by atoms with E-state index in [1.54, 1.807) is 26.5 Å². The van der Waals surface area contributed by atoms with Crippen molar-refractivity contribution in [2.75, 3.05) is 75.4 Å². The predicted octanol–water partition coefficient (Wildman–Crippen LogP) is 6.02. The Balaban J connectivity index is 1.22. The van der Waals surface area contributed by atoms with Crippen LogP contribution >= 0.6 is 18.7 Å². The summed E-state index contributed by atoms with van der Waals surface area (Å²) in [7, 11) is -1.10. The number of nitrogens with zero attached hydrogens (tertiary/aromatic N) is 4. The number of likely N-dealkylation sites (tertiary alicyclic amines) is 1. The topological polar surface area (TPSA) is 101 Å². The highest BCUT2D eigenvalue weighted by Gasteiger charge is 2.29. The van der Waals surface area contributed by atoms with Gasteiger partial charge in [-0.3, -0.25) is 0 Å². The number of methoxy groups -OCH3 is 1. The summed E-state index contributed by atoms with van der Waals surface area (Å²) >= 11 is 6.53. The third-order valence-corrected chi connectivity index (χ3v) is 10.2. The van der Waals surface area contributed by atoms with E-state index in [0.717, 1.165) is 24.3 Å². The molecule has 0 atom stereocenters. The molecule has 0 saturated carbocycles. The van der Waals surface area contributed by atoms with E-state index >= 15 is 0 Å². The van der Waals surface area contributed by atoms with Crippen LogP contribution in [-0.4, -0.2) is 80.7 Å². The van der Waals surface area contributed by atoms with Crippen LogP contribution in [0.1, 0.15) is 31.2 Å². The summed E-state index contributed by atoms with van der Waals surface area (Å²) in [6.07, 6.45) is 6.57. The maximum absolute atomic E-state index is 13.3. The first kappa shape index (κ1) is 29.9. The zero-order chi connectivity index (χ0) is 30.1. The van der Waals surface area contributed by atoms with Crippen LogP contribution in [0.25, 0.3) is 0 Å². The van der Waals surface area contributed by atoms with E-state index in [2.05, 4.69) is 49.5 Å². The quantitative estimate of drug-likeness (QED) is 0.289. The van der Waals surface area contributed by atoms with E-state index in [9.17, 15) is 4.57 Å². The van der Waals surface area contributed by atoms with Gasteiger partial charge < -0.3 is 39.2 Å². The van der Waals surface area contributed by atoms with E-state index in [0.29, 0.717) is 64.3 Å². The van der Waals surface area contributed by atoms with Crippen LogP contribution in [0.3, 0.4) is 0 Å². The molecule has 2 aromatic carbocycles. The highest BCUT2D eigenvalue weighted by atomic mass is 35.5. The average molecular weight is 627 g/mol. The zero-order valence-corrected chi connectivity index (χ0v) is 26.9. The fourth-order valence-electron chi connectivity index (χ4n) is 6.36. The molecule has 0 unspecified atom stereocenters. The van der Waals surface area contributed by atoms with Crippen LogP contribution in [0.4, 0.5) is 28.8 Å². The summed E-state index contributed by atoms with van der Waals surface area (Å²) < 4.78 is 30.8. The van der Waals surface area contributed by atoms with Gasteiger partial charge in [0.25, 0.3) is 0 Å². The smallest absolute Gasteiger partial charge is 0.229 e. The summed E-state index contributed by atoms with van der Waals surface area (Å²) in [5.41, 5.74) is 3.69. The van der Waals surface area contributed by atoms with Crippen LogP contribution in [0.5, 0.6) is 17.2 Å². The Morgan fingerprint density at radius 3 is 2.49 bits per heavy atom. The fraction of sp³-hybridized carbons (Fsp3) is 0.484. The predicted molar refractivity (Wildman–Crippen MR) is 174 cm³/mol. The number of hydrogen-bond donors (Lipinski definition) is 2. The highest BCUT2D eigenvalue weighted by Crippen LogP contribution is 2.47. The summed E-state index contributed by atoms with van der Waals surface area (Å²) in [4.78, 5) is 14.2. The van der Waals surface area contributed by atoms with Gasteiger partial charge in [-0.2, -0.15) is 4.98 Å². The highest BCUT2D eigenvalue weighted by molar-refractivity contribution is 7.70. The number of aryl methyl sites for hydroxylation is 1. The molecule has 3 aliphatic heterocycles. The molecule has 1 aromatic heterocycles. The summed E-state index contributed by atoms with van der Waals surface area (Å²) in [5.74, 6) is 2.50. The molecule has 230 valence electrons. The van der Waals surface area contributed by atoms with Gasteiger partial charge in [-0.1, -0.05) is 11.6 Å². The first-order valence-electron chi connectivity index (χ1n) is 14.9. The van der Waals surface area contributed by atoms with Gasteiger partial charge in [0.2, 0.25) is 5.95 Å². The number of halogens is 1. The molecule has 12 heteroatoms. The average Bonchev–Trinajstić information content (AvgIpc) is 3.54. The zero-order valence-electron chi connectivity index (χ0n) is 25.3. The van der Waals surface area contributed by atoms with Crippen molar-refractivity contribution in [3.05, 3.63) is 41.0 Å². The molecular formula is C31H40ClN6O4P. The van der Waals surface area contributed by atoms with Crippen molar-refractivity contribution in [3.8, 4) is 17.2 Å². The van der Waals surface area contributed by atoms with Gasteiger partial charge in [-0.15, -0.1) is 0 Å². The minimum absolute atomic E-state index is 0.323. The third kappa shape index (κ3) is 6.37. The second-order valence-electron chi connectivity index (χ2n) is 11.8. The molecule has 43 heavy (non-hydrogen) atoms. The molecule has 2 saturated heterocycles. The molecule has 2 fully saturated rings. The van der Waals surface area contributed by atoms with Crippen molar-refractivity contribution in [2.45, 2.75) is 38.6 Å². The summed E-state index contributed by atoms with van der Waals surface area (Å²) in [5, 5.41) is 7.47. The lowest BCUT2D eigenvalue weighted by Crippen LogP contribution is -2.44. The number of piperidine rings is 1. The molecular weight excluding hydrogens is 587 g/mol. The lowest BCUT2D eigenvalue weighted by molar-refractivity contribution is 0.173. The second kappa shape index (κ2) is 12.4. The molecule has 0 spiro atoms. The molecule has 10 nitrogen and oxygen atoms in total. The van der Waals surface area contributed by atoms with Crippen LogP contribution in [0, 0.1) is 6.92 Å². The van der Waals surface area contributed by atoms with E-state index in [4.69, 9.17) is 25.8 Å². The van der Waals surface area contributed by atoms with E-state index in [1.165, 1.54) is 50.7 Å². The lowest BCUT2D eigenvalue weighted by Gasteiger charge is -2.38. The molecule has 3 aromatic rings. The number of anilines is 5. The molecule has 0 bridgehead atoms. The Hall–Kier alpha value is -3.20. The van der Waals surface area contributed by atoms with Crippen LogP contribution in [0.2, 0.25) is 5.02 Å². The van der Waals surface area contributed by atoms with Crippen molar-refractivity contribution in [1.29, 1.82) is 0 Å². The largest absolute Gasteiger partial charge is 0.494 e. The van der Waals surface area contributed by atoms with Gasteiger partial charge in [0.15, 0.2) is 17.3 Å². The van der Waals surface area contributed by atoms with Gasteiger partial charge in [-0.05, 0) is 82.8 Å². The van der Waals surface area contributed by atoms with Crippen molar-refractivity contribution in [1.82, 2.24) is 14.9 Å². The Morgan fingerprint density at radius 1 is 1.02 bits per heavy atom. The lowest BCUT2D eigenvalue weighted by atomic mass is 10.0. The van der Waals surface area contributed by atoms with Crippen molar-refractivity contribution < 1.29 is 18.8 Å². The van der Waals surface area contributed by atoms with E-state index in [-0.39, 0.29) is 0 Å². The number of hydrogen-bond acceptors (Lipinski definition) is 10. The normalized spacial score (nSPS) is 17.7. The summed E-state index contributed by atoms with van der Waals surface area (Å²) in [6, 6.07) is 8.49. The number of aromatic nitrogens is 2. The third-order valence-electron chi connectivity index (χ3n) is 8.45. The fourth-order valence-corrected chi connectivity index (χ4v) is 7.88. The molecule has 0 radical (unpaired) electrons. The Bertz CT molecular complexity index is 1540. The van der Waals surface area contributed by atoms with Gasteiger partial charge in [0.05, 0.1) is 30.0 Å². The second-order valence-corrected chi connectivity index (χ2v) is 15.3. The van der Waals surface area contributed by atoms with Crippen LogP contribution < -0.4 is 35.0 Å². The molecule has 4 heterocycles. The van der Waals surface area contributed by atoms with Gasteiger partial charge in [-0.25, -0.2) is 4.98 Å². The van der Waals surface area contributed by atoms with E-state index < -0.39 is 7.14 Å². The Morgan fingerprint density at radius 2 is 1.77 bits per heavy atom. The number of benzene rings is 2. The van der Waals surface area contributed by atoms with Crippen molar-refractivity contribution in [3.63, 3.8) is 0 Å². The molecule has 3 aliphatic rings. The van der Waals surface area contributed by atoms with Crippen molar-refractivity contribution >= 4 is 52.9 Å². The Kier molecular flexibility index (Phi) is 8.63. The summed E-state index contributed by atoms with van der Waals surface area (Å²) in [6.45, 7) is 10.9. The maximum Gasteiger partial charge on any atom is 0.229 e. The number of fused-ring (bicyclic) bond motifs is 1. The minimum Gasteiger partial charge on any atom is -0.494 e. The Labute approximate surface area is 258 Å². The first-order chi connectivity index (χ1) is 20.7.